The largest absolute Gasteiger partial charge is 3.00 e. The number of likely N-dealkylation sites (tertiary alicyclic amines) is 1. The van der Waals surface area contributed by atoms with Gasteiger partial charge < -0.3 is 10.8 Å². The Hall–Kier alpha value is -0.720. The van der Waals surface area contributed by atoms with E-state index in [-0.39, 0.29) is 26.2 Å². The first-order valence-corrected chi connectivity index (χ1v) is 14.9. The minimum absolute atomic E-state index is 0. The summed E-state index contributed by atoms with van der Waals surface area (Å²) in [5, 5.41) is 7.12. The number of rotatable bonds is 3. The van der Waals surface area contributed by atoms with E-state index in [1.807, 2.05) is 64.2 Å². The van der Waals surface area contributed by atoms with E-state index in [1.54, 1.807) is 5.57 Å². The zero-order valence-corrected chi connectivity index (χ0v) is 24.8. The minimum Gasteiger partial charge on any atom is -0.497 e. The van der Waals surface area contributed by atoms with Gasteiger partial charge in [-0.25, -0.2) is 10.4 Å². The molecule has 2 saturated carbocycles. The molecule has 0 aromatic heterocycles. The Bertz CT molecular complexity index is 718. The Morgan fingerprint density at radius 1 is 0.944 bits per heavy atom. The van der Waals surface area contributed by atoms with Gasteiger partial charge in [0.1, 0.15) is 0 Å². The standard InChI is InChI=1S/C16H24NSi.2C5H5.C2HF3O2.Zr/c1-14-10-17(11-15-8-6-5-7-9-15)12-16(14)13-18(2,3)4;2*1-2-4-5-3-1;3-2(4,5)1(6)7;/h5-9,14H,10-12H2,1-4H3;2*1-5H;(H,6,7);/q-1;;;;+3. The molecule has 4 rings (SSSR count). The molecule has 3 aliphatic rings. The molecule has 191 valence electrons. The van der Waals surface area contributed by atoms with Crippen molar-refractivity contribution in [3.8, 4) is 0 Å². The van der Waals surface area contributed by atoms with Gasteiger partial charge in [-0.15, -0.1) is 8.07 Å². The van der Waals surface area contributed by atoms with Crippen LogP contribution in [0, 0.1) is 75.8 Å². The number of alkyl halides is 3. The summed E-state index contributed by atoms with van der Waals surface area (Å²) in [5.41, 5.74) is 6.76. The second-order valence-corrected chi connectivity index (χ2v) is 13.9. The van der Waals surface area contributed by atoms with Gasteiger partial charge in [-0.2, -0.15) is 13.2 Å². The van der Waals surface area contributed by atoms with Gasteiger partial charge in [0.2, 0.25) is 0 Å². The van der Waals surface area contributed by atoms with Crippen LogP contribution < -0.4 is 0 Å². The van der Waals surface area contributed by atoms with Gasteiger partial charge in [-0.1, -0.05) is 56.9 Å². The van der Waals surface area contributed by atoms with Crippen molar-refractivity contribution in [2.24, 2.45) is 5.92 Å². The van der Waals surface area contributed by atoms with Crippen LogP contribution in [0.2, 0.25) is 19.6 Å². The molecule has 0 amide bonds. The molecule has 1 atom stereocenters. The summed E-state index contributed by atoms with van der Waals surface area (Å²) in [6.07, 6.45) is 14.9. The van der Waals surface area contributed by atoms with E-state index in [0.29, 0.717) is 5.92 Å². The van der Waals surface area contributed by atoms with Gasteiger partial charge in [-0.3, -0.25) is 4.90 Å². The normalized spacial score (nSPS) is 20.8. The number of aliphatic carboxylic acids is 1. The predicted molar refractivity (Wildman–Crippen MR) is 138 cm³/mol. The van der Waals surface area contributed by atoms with Crippen LogP contribution >= 0.6 is 0 Å². The molecule has 0 spiro atoms. The zero-order valence-electron chi connectivity index (χ0n) is 21.3. The molecule has 1 aliphatic heterocycles. The van der Waals surface area contributed by atoms with E-state index >= 15 is 0 Å². The third-order valence-electron chi connectivity index (χ3n) is 4.66. The van der Waals surface area contributed by atoms with Crippen molar-refractivity contribution in [2.45, 2.75) is 39.3 Å². The first-order valence-electron chi connectivity index (χ1n) is 11.4. The number of carboxylic acid groups (broad SMARTS) is 1. The topological polar surface area (TPSA) is 40.5 Å². The van der Waals surface area contributed by atoms with Crippen LogP contribution in [-0.2, 0) is 37.5 Å². The minimum atomic E-state index is -5.08. The SMILES string of the molecule is CC1CN(Cc2ccccc2)CC1=[C-][Si](C)(C)C.O=C(O)C(F)(F)F.[CH]1[CH][CH][CH][CH]1.[CH]1[CH][CH][CH][CH]1.[Zr+3]. The number of nitrogens with zero attached hydrogens (tertiary/aromatic N) is 1. The van der Waals surface area contributed by atoms with E-state index in [1.165, 1.54) is 12.1 Å². The van der Waals surface area contributed by atoms with E-state index in [0.717, 1.165) is 13.1 Å². The molecule has 1 aromatic carbocycles. The molecular weight excluding hydrogens is 559 g/mol. The Kier molecular flexibility index (Phi) is 18.1. The Morgan fingerprint density at radius 2 is 1.33 bits per heavy atom. The number of benzene rings is 1. The fourth-order valence-electron chi connectivity index (χ4n) is 3.21. The number of halogens is 3. The van der Waals surface area contributed by atoms with Crippen molar-refractivity contribution < 1.29 is 49.3 Å². The van der Waals surface area contributed by atoms with E-state index in [2.05, 4.69) is 67.5 Å². The molecule has 0 bridgehead atoms. The number of carboxylic acids is 1. The molecule has 11 radical (unpaired) electrons. The molecule has 3 fully saturated rings. The zero-order chi connectivity index (χ0) is 26.3. The van der Waals surface area contributed by atoms with Crippen LogP contribution in [0.3, 0.4) is 0 Å². The average Bonchev–Trinajstić information content (AvgIpc) is 3.55. The molecule has 3 nitrogen and oxygen atoms in total. The summed E-state index contributed by atoms with van der Waals surface area (Å²) in [6.45, 7) is 12.8. The third-order valence-corrected chi connectivity index (χ3v) is 5.73. The molecule has 1 heterocycles. The van der Waals surface area contributed by atoms with Crippen molar-refractivity contribution in [3.63, 3.8) is 0 Å². The van der Waals surface area contributed by atoms with Crippen molar-refractivity contribution in [1.29, 1.82) is 0 Å². The summed E-state index contributed by atoms with van der Waals surface area (Å²) >= 11 is 0. The number of carbonyl (C=O) groups is 1. The number of hydrogen-bond acceptors (Lipinski definition) is 2. The Balaban J connectivity index is 0.000000555. The van der Waals surface area contributed by atoms with Gasteiger partial charge in [0.15, 0.2) is 0 Å². The average molecular weight is 594 g/mol. The first kappa shape index (κ1) is 35.3. The molecule has 8 heteroatoms. The summed E-state index contributed by atoms with van der Waals surface area (Å²) in [5.74, 6) is -2.08. The quantitative estimate of drug-likeness (QED) is 0.325. The number of hydrogen-bond donors (Lipinski definition) is 1. The smallest absolute Gasteiger partial charge is 0.497 e. The fraction of sp³-hybridized carbons (Fsp3) is 0.321. The third kappa shape index (κ3) is 17.7. The first-order chi connectivity index (χ1) is 16.4. The maximum absolute atomic E-state index is 10.6. The molecule has 1 aromatic rings. The molecule has 36 heavy (non-hydrogen) atoms. The summed E-state index contributed by atoms with van der Waals surface area (Å²) in [6, 6.07) is 10.8. The van der Waals surface area contributed by atoms with E-state index < -0.39 is 20.2 Å². The monoisotopic (exact) mass is 592 g/mol. The van der Waals surface area contributed by atoms with E-state index in [9.17, 15) is 13.2 Å². The molecule has 1 N–H and O–H groups in total. The van der Waals surface area contributed by atoms with Crippen molar-refractivity contribution in [1.82, 2.24) is 4.90 Å². The van der Waals surface area contributed by atoms with Crippen molar-refractivity contribution >= 4 is 14.0 Å². The maximum atomic E-state index is 10.6. The maximum Gasteiger partial charge on any atom is 3.00 e. The molecule has 1 saturated heterocycles. The van der Waals surface area contributed by atoms with Gasteiger partial charge >= 0.3 is 38.3 Å². The van der Waals surface area contributed by atoms with Crippen LogP contribution in [0.5, 0.6) is 0 Å². The fourth-order valence-corrected chi connectivity index (χ4v) is 4.50. The van der Waals surface area contributed by atoms with Crippen LogP contribution in [0.25, 0.3) is 0 Å². The summed E-state index contributed by atoms with van der Waals surface area (Å²) < 4.78 is 31.7. The van der Waals surface area contributed by atoms with Crippen LogP contribution in [0.4, 0.5) is 13.2 Å². The molecule has 2 aliphatic carbocycles. The second-order valence-electron chi connectivity index (χ2n) is 9.18. The van der Waals surface area contributed by atoms with Crippen LogP contribution in [0.1, 0.15) is 12.5 Å². The Labute approximate surface area is 237 Å². The Morgan fingerprint density at radius 3 is 1.67 bits per heavy atom. The summed E-state index contributed by atoms with van der Waals surface area (Å²) in [7, 11) is -1.20. The second kappa shape index (κ2) is 18.5. The predicted octanol–water partition coefficient (Wildman–Crippen LogP) is 6.42. The van der Waals surface area contributed by atoms with Gasteiger partial charge in [0.05, 0.1) is 0 Å². The molecular formula is C28H35F3NO2SiZr+2. The van der Waals surface area contributed by atoms with Gasteiger partial charge in [0.25, 0.3) is 0 Å². The van der Waals surface area contributed by atoms with E-state index in [4.69, 9.17) is 9.90 Å². The van der Waals surface area contributed by atoms with Gasteiger partial charge in [0, 0.05) is 13.1 Å². The van der Waals surface area contributed by atoms with Crippen molar-refractivity contribution in [3.05, 3.63) is 111 Å². The van der Waals surface area contributed by atoms with Gasteiger partial charge in [-0.05, 0) is 82.2 Å². The van der Waals surface area contributed by atoms with Crippen molar-refractivity contribution in [2.75, 3.05) is 13.1 Å². The summed E-state index contributed by atoms with van der Waals surface area (Å²) in [4.78, 5) is 11.4. The van der Waals surface area contributed by atoms with Crippen LogP contribution in [-0.4, -0.2) is 43.3 Å². The van der Waals surface area contributed by atoms with Crippen LogP contribution in [0.15, 0.2) is 35.9 Å². The molecule has 1 unspecified atom stereocenters.